The molecule has 0 saturated heterocycles. The molecule has 0 aliphatic carbocycles. The highest BCUT2D eigenvalue weighted by molar-refractivity contribution is 5.70. The average molecular weight is 341 g/mol. The van der Waals surface area contributed by atoms with Crippen LogP contribution in [0.3, 0.4) is 0 Å². The van der Waals surface area contributed by atoms with Crippen molar-refractivity contribution in [1.82, 2.24) is 4.98 Å². The Balaban J connectivity index is 1.80. The van der Waals surface area contributed by atoms with Crippen LogP contribution in [0.2, 0.25) is 0 Å². The number of nitriles is 2. The lowest BCUT2D eigenvalue weighted by Crippen LogP contribution is -2.12. The summed E-state index contributed by atoms with van der Waals surface area (Å²) in [6, 6.07) is 20.3. The van der Waals surface area contributed by atoms with Crippen molar-refractivity contribution in [3.63, 3.8) is 0 Å². The SMILES string of the molecule is Cc1cc(-c2ccc(OCc3cccc(C#N)c3)cc2)c(C#N)c(=O)[nH]1. The number of ether oxygens (including phenoxy) is 1. The van der Waals surface area contributed by atoms with E-state index in [1.165, 1.54) is 0 Å². The zero-order valence-electron chi connectivity index (χ0n) is 14.1. The molecule has 3 rings (SSSR count). The van der Waals surface area contributed by atoms with Gasteiger partial charge < -0.3 is 9.72 Å². The summed E-state index contributed by atoms with van der Waals surface area (Å²) in [5.41, 5.74) is 3.27. The van der Waals surface area contributed by atoms with Crippen molar-refractivity contribution in [2.45, 2.75) is 13.5 Å². The predicted molar refractivity (Wildman–Crippen MR) is 97.4 cm³/mol. The van der Waals surface area contributed by atoms with E-state index in [0.29, 0.717) is 29.2 Å². The summed E-state index contributed by atoms with van der Waals surface area (Å²) < 4.78 is 5.74. The van der Waals surface area contributed by atoms with E-state index >= 15 is 0 Å². The number of benzene rings is 2. The fraction of sp³-hybridized carbons (Fsp3) is 0.0952. The van der Waals surface area contributed by atoms with E-state index in [-0.39, 0.29) is 11.1 Å². The number of aromatic amines is 1. The maximum Gasteiger partial charge on any atom is 0.266 e. The van der Waals surface area contributed by atoms with E-state index in [9.17, 15) is 10.1 Å². The predicted octanol–water partition coefficient (Wildman–Crippen LogP) is 3.67. The van der Waals surface area contributed by atoms with Gasteiger partial charge in [-0.3, -0.25) is 4.79 Å². The molecular weight excluding hydrogens is 326 g/mol. The Morgan fingerprint density at radius 2 is 1.81 bits per heavy atom. The van der Waals surface area contributed by atoms with E-state index < -0.39 is 0 Å². The van der Waals surface area contributed by atoms with Crippen molar-refractivity contribution in [3.05, 3.63) is 87.3 Å². The monoisotopic (exact) mass is 341 g/mol. The first-order valence-corrected chi connectivity index (χ1v) is 7.97. The number of H-pyrrole nitrogens is 1. The highest BCUT2D eigenvalue weighted by atomic mass is 16.5. The first-order valence-electron chi connectivity index (χ1n) is 7.97. The second-order valence-electron chi connectivity index (χ2n) is 5.81. The topological polar surface area (TPSA) is 89.7 Å². The highest BCUT2D eigenvalue weighted by Gasteiger charge is 2.10. The van der Waals surface area contributed by atoms with Gasteiger partial charge in [-0.2, -0.15) is 10.5 Å². The maximum absolute atomic E-state index is 11.9. The van der Waals surface area contributed by atoms with Crippen LogP contribution in [0.1, 0.15) is 22.4 Å². The van der Waals surface area contributed by atoms with Gasteiger partial charge in [0.05, 0.1) is 11.6 Å². The molecule has 0 saturated carbocycles. The van der Waals surface area contributed by atoms with E-state index in [1.807, 2.05) is 30.3 Å². The molecular formula is C21H15N3O2. The number of aromatic nitrogens is 1. The van der Waals surface area contributed by atoms with Gasteiger partial charge in [-0.25, -0.2) is 0 Å². The fourth-order valence-electron chi connectivity index (χ4n) is 2.66. The standard InChI is InChI=1S/C21H15N3O2/c1-14-9-19(20(12-23)21(25)24-14)17-5-7-18(8-6-17)26-13-16-4-2-3-15(10-16)11-22/h2-10H,13H2,1H3,(H,24,25). The first-order chi connectivity index (χ1) is 12.6. The van der Waals surface area contributed by atoms with Crippen LogP contribution < -0.4 is 10.3 Å². The second kappa shape index (κ2) is 7.38. The van der Waals surface area contributed by atoms with Crippen LogP contribution in [-0.4, -0.2) is 4.98 Å². The molecule has 0 spiro atoms. The summed E-state index contributed by atoms with van der Waals surface area (Å²) in [5, 5.41) is 18.2. The molecule has 3 aromatic rings. The van der Waals surface area contributed by atoms with Gasteiger partial charge in [0.1, 0.15) is 24.0 Å². The van der Waals surface area contributed by atoms with Gasteiger partial charge in [-0.1, -0.05) is 24.3 Å². The smallest absolute Gasteiger partial charge is 0.266 e. The lowest BCUT2D eigenvalue weighted by Gasteiger charge is -2.09. The van der Waals surface area contributed by atoms with Gasteiger partial charge in [0, 0.05) is 11.3 Å². The Bertz CT molecular complexity index is 1080. The van der Waals surface area contributed by atoms with Crippen LogP contribution in [-0.2, 0) is 6.61 Å². The summed E-state index contributed by atoms with van der Waals surface area (Å²) in [5.74, 6) is 0.663. The number of aryl methyl sites for hydroxylation is 1. The maximum atomic E-state index is 11.9. The summed E-state index contributed by atoms with van der Waals surface area (Å²) in [4.78, 5) is 14.6. The Kier molecular flexibility index (Phi) is 4.83. The Morgan fingerprint density at radius 1 is 1.04 bits per heavy atom. The minimum Gasteiger partial charge on any atom is -0.489 e. The summed E-state index contributed by atoms with van der Waals surface area (Å²) in [7, 11) is 0. The fourth-order valence-corrected chi connectivity index (χ4v) is 2.66. The molecule has 1 aromatic heterocycles. The Labute approximate surface area is 150 Å². The first kappa shape index (κ1) is 17.0. The zero-order valence-corrected chi connectivity index (χ0v) is 14.1. The molecule has 0 aliphatic rings. The lowest BCUT2D eigenvalue weighted by atomic mass is 10.0. The average Bonchev–Trinajstić information content (AvgIpc) is 2.66. The van der Waals surface area contributed by atoms with Crippen molar-refractivity contribution in [3.8, 4) is 29.0 Å². The van der Waals surface area contributed by atoms with Gasteiger partial charge in [0.15, 0.2) is 0 Å². The van der Waals surface area contributed by atoms with Crippen molar-refractivity contribution < 1.29 is 4.74 Å². The quantitative estimate of drug-likeness (QED) is 0.784. The molecule has 0 amide bonds. The molecule has 1 N–H and O–H groups in total. The molecule has 126 valence electrons. The molecule has 0 fully saturated rings. The third kappa shape index (κ3) is 3.63. The third-order valence-electron chi connectivity index (χ3n) is 3.91. The van der Waals surface area contributed by atoms with Crippen LogP contribution >= 0.6 is 0 Å². The Hall–Kier alpha value is -3.83. The van der Waals surface area contributed by atoms with Crippen molar-refractivity contribution >= 4 is 0 Å². The molecule has 2 aromatic carbocycles. The summed E-state index contributed by atoms with van der Waals surface area (Å²) >= 11 is 0. The second-order valence-corrected chi connectivity index (χ2v) is 5.81. The molecule has 1 heterocycles. The molecule has 5 nitrogen and oxygen atoms in total. The van der Waals surface area contributed by atoms with E-state index in [4.69, 9.17) is 10.00 Å². The Morgan fingerprint density at radius 3 is 2.50 bits per heavy atom. The van der Waals surface area contributed by atoms with Crippen molar-refractivity contribution in [2.75, 3.05) is 0 Å². The van der Waals surface area contributed by atoms with E-state index in [2.05, 4.69) is 11.1 Å². The van der Waals surface area contributed by atoms with E-state index in [0.717, 1.165) is 11.1 Å². The van der Waals surface area contributed by atoms with Gasteiger partial charge in [-0.05, 0) is 48.4 Å². The summed E-state index contributed by atoms with van der Waals surface area (Å²) in [6.07, 6.45) is 0. The minimum absolute atomic E-state index is 0.0950. The third-order valence-corrected chi connectivity index (χ3v) is 3.91. The number of nitrogens with one attached hydrogen (secondary N) is 1. The van der Waals surface area contributed by atoms with Crippen LogP contribution in [0.15, 0.2) is 59.4 Å². The number of hydrogen-bond donors (Lipinski definition) is 1. The van der Waals surface area contributed by atoms with Crippen LogP contribution in [0.4, 0.5) is 0 Å². The molecule has 0 atom stereocenters. The van der Waals surface area contributed by atoms with Gasteiger partial charge >= 0.3 is 0 Å². The minimum atomic E-state index is -0.389. The van der Waals surface area contributed by atoms with Gasteiger partial charge in [0.25, 0.3) is 5.56 Å². The van der Waals surface area contributed by atoms with Gasteiger partial charge in [0.2, 0.25) is 0 Å². The van der Waals surface area contributed by atoms with E-state index in [1.54, 1.807) is 37.3 Å². The molecule has 0 radical (unpaired) electrons. The van der Waals surface area contributed by atoms with Crippen LogP contribution in [0.25, 0.3) is 11.1 Å². The summed E-state index contributed by atoms with van der Waals surface area (Å²) in [6.45, 7) is 2.13. The molecule has 0 bridgehead atoms. The normalized spacial score (nSPS) is 9.96. The number of nitrogens with zero attached hydrogens (tertiary/aromatic N) is 2. The molecule has 0 unspecified atom stereocenters. The number of rotatable bonds is 4. The van der Waals surface area contributed by atoms with Crippen LogP contribution in [0.5, 0.6) is 5.75 Å². The molecule has 5 heteroatoms. The highest BCUT2D eigenvalue weighted by Crippen LogP contribution is 2.25. The molecule has 26 heavy (non-hydrogen) atoms. The van der Waals surface area contributed by atoms with Crippen molar-refractivity contribution in [1.29, 1.82) is 10.5 Å². The molecule has 0 aliphatic heterocycles. The number of hydrogen-bond acceptors (Lipinski definition) is 4. The van der Waals surface area contributed by atoms with Crippen molar-refractivity contribution in [2.24, 2.45) is 0 Å². The lowest BCUT2D eigenvalue weighted by molar-refractivity contribution is 0.306. The van der Waals surface area contributed by atoms with Crippen LogP contribution in [0, 0.1) is 29.6 Å². The largest absolute Gasteiger partial charge is 0.489 e. The number of pyridine rings is 1. The zero-order chi connectivity index (χ0) is 18.5. The van der Waals surface area contributed by atoms with Gasteiger partial charge in [-0.15, -0.1) is 0 Å².